The highest BCUT2D eigenvalue weighted by atomic mass is 16.5. The highest BCUT2D eigenvalue weighted by molar-refractivity contribution is 5.48. The van der Waals surface area contributed by atoms with Crippen molar-refractivity contribution < 1.29 is 14.2 Å². The third-order valence-corrected chi connectivity index (χ3v) is 3.32. The Balaban J connectivity index is 1.72. The molecule has 2 aromatic rings. The van der Waals surface area contributed by atoms with E-state index in [0.717, 1.165) is 29.3 Å². The SMILES string of the molecule is CCOCCOc1cccc(NCCOc2ccccc2C)c1. The van der Waals surface area contributed by atoms with Crippen molar-refractivity contribution >= 4 is 5.69 Å². The van der Waals surface area contributed by atoms with Gasteiger partial charge in [-0.15, -0.1) is 0 Å². The van der Waals surface area contributed by atoms with Crippen molar-refractivity contribution in [1.82, 2.24) is 0 Å². The standard InChI is InChI=1S/C19H25NO3/c1-3-21-13-14-22-18-9-6-8-17(15-18)20-11-12-23-19-10-5-4-7-16(19)2/h4-10,15,20H,3,11-14H2,1-2H3. The summed E-state index contributed by atoms with van der Waals surface area (Å²) in [5.74, 6) is 1.77. The summed E-state index contributed by atoms with van der Waals surface area (Å²) in [6, 6.07) is 16.0. The Morgan fingerprint density at radius 2 is 1.78 bits per heavy atom. The molecule has 0 saturated heterocycles. The average Bonchev–Trinajstić information content (AvgIpc) is 2.57. The zero-order valence-corrected chi connectivity index (χ0v) is 13.9. The molecule has 0 saturated carbocycles. The van der Waals surface area contributed by atoms with Crippen molar-refractivity contribution in [2.75, 3.05) is 38.3 Å². The summed E-state index contributed by atoms with van der Waals surface area (Å²) < 4.78 is 16.7. The third kappa shape index (κ3) is 6.20. The van der Waals surface area contributed by atoms with Crippen molar-refractivity contribution in [2.24, 2.45) is 0 Å². The van der Waals surface area contributed by atoms with E-state index in [9.17, 15) is 0 Å². The number of benzene rings is 2. The van der Waals surface area contributed by atoms with E-state index in [0.29, 0.717) is 26.4 Å². The fraction of sp³-hybridized carbons (Fsp3) is 0.368. The molecule has 124 valence electrons. The van der Waals surface area contributed by atoms with Crippen LogP contribution in [0.4, 0.5) is 5.69 Å². The lowest BCUT2D eigenvalue weighted by Crippen LogP contribution is -2.12. The number of anilines is 1. The van der Waals surface area contributed by atoms with Crippen molar-refractivity contribution in [3.05, 3.63) is 54.1 Å². The van der Waals surface area contributed by atoms with E-state index < -0.39 is 0 Å². The number of aryl methyl sites for hydroxylation is 1. The molecule has 0 bridgehead atoms. The molecule has 1 N–H and O–H groups in total. The van der Waals surface area contributed by atoms with Gasteiger partial charge < -0.3 is 19.5 Å². The molecule has 0 aromatic heterocycles. The molecule has 2 rings (SSSR count). The van der Waals surface area contributed by atoms with Gasteiger partial charge in [0.05, 0.1) is 6.61 Å². The average molecular weight is 315 g/mol. The minimum Gasteiger partial charge on any atom is -0.491 e. The van der Waals surface area contributed by atoms with E-state index in [1.807, 2.05) is 62.4 Å². The lowest BCUT2D eigenvalue weighted by atomic mass is 10.2. The van der Waals surface area contributed by atoms with Crippen LogP contribution in [0, 0.1) is 6.92 Å². The van der Waals surface area contributed by atoms with E-state index in [1.165, 1.54) is 0 Å². The van der Waals surface area contributed by atoms with E-state index in [-0.39, 0.29) is 0 Å². The predicted molar refractivity (Wildman–Crippen MR) is 93.6 cm³/mol. The van der Waals surface area contributed by atoms with Gasteiger partial charge in [0, 0.05) is 24.9 Å². The normalized spacial score (nSPS) is 10.3. The van der Waals surface area contributed by atoms with Crippen LogP contribution in [0.1, 0.15) is 12.5 Å². The highest BCUT2D eigenvalue weighted by Crippen LogP contribution is 2.18. The maximum atomic E-state index is 5.77. The molecular formula is C19H25NO3. The quantitative estimate of drug-likeness (QED) is 0.675. The molecule has 0 heterocycles. The summed E-state index contributed by atoms with van der Waals surface area (Å²) in [5.41, 5.74) is 2.17. The second-order valence-electron chi connectivity index (χ2n) is 5.11. The lowest BCUT2D eigenvalue weighted by molar-refractivity contribution is 0.110. The first-order valence-corrected chi connectivity index (χ1v) is 8.02. The predicted octanol–water partition coefficient (Wildman–Crippen LogP) is 3.90. The largest absolute Gasteiger partial charge is 0.491 e. The van der Waals surface area contributed by atoms with Crippen LogP contribution in [0.5, 0.6) is 11.5 Å². The molecule has 0 atom stereocenters. The molecule has 0 spiro atoms. The van der Waals surface area contributed by atoms with Crippen LogP contribution in [-0.4, -0.2) is 33.0 Å². The van der Waals surface area contributed by atoms with E-state index in [1.54, 1.807) is 0 Å². The minimum absolute atomic E-state index is 0.563. The van der Waals surface area contributed by atoms with Crippen LogP contribution in [0.3, 0.4) is 0 Å². The highest BCUT2D eigenvalue weighted by Gasteiger charge is 1.99. The lowest BCUT2D eigenvalue weighted by Gasteiger charge is -2.11. The van der Waals surface area contributed by atoms with Gasteiger partial charge in [-0.05, 0) is 37.6 Å². The fourth-order valence-corrected chi connectivity index (χ4v) is 2.13. The Morgan fingerprint density at radius 3 is 2.61 bits per heavy atom. The summed E-state index contributed by atoms with van der Waals surface area (Å²) in [5, 5.41) is 3.34. The smallest absolute Gasteiger partial charge is 0.122 e. The summed E-state index contributed by atoms with van der Waals surface area (Å²) in [7, 11) is 0. The van der Waals surface area contributed by atoms with Crippen molar-refractivity contribution in [3.63, 3.8) is 0 Å². The molecule has 0 amide bonds. The molecular weight excluding hydrogens is 290 g/mol. The molecule has 4 nitrogen and oxygen atoms in total. The molecule has 0 aliphatic rings. The maximum Gasteiger partial charge on any atom is 0.122 e. The summed E-state index contributed by atoms with van der Waals surface area (Å²) in [6.07, 6.45) is 0. The second-order valence-corrected chi connectivity index (χ2v) is 5.11. The van der Waals surface area contributed by atoms with Crippen molar-refractivity contribution in [2.45, 2.75) is 13.8 Å². The Hall–Kier alpha value is -2.20. The molecule has 23 heavy (non-hydrogen) atoms. The zero-order chi connectivity index (χ0) is 16.3. The monoisotopic (exact) mass is 315 g/mol. The topological polar surface area (TPSA) is 39.7 Å². The number of nitrogens with one attached hydrogen (secondary N) is 1. The zero-order valence-electron chi connectivity index (χ0n) is 13.9. The fourth-order valence-electron chi connectivity index (χ4n) is 2.13. The Bertz CT molecular complexity index is 586. The van der Waals surface area contributed by atoms with Gasteiger partial charge in [0.25, 0.3) is 0 Å². The number of rotatable bonds is 10. The van der Waals surface area contributed by atoms with Crippen LogP contribution >= 0.6 is 0 Å². The molecule has 4 heteroatoms. The van der Waals surface area contributed by atoms with Crippen LogP contribution in [0.25, 0.3) is 0 Å². The van der Waals surface area contributed by atoms with E-state index in [2.05, 4.69) is 5.32 Å². The van der Waals surface area contributed by atoms with Crippen LogP contribution < -0.4 is 14.8 Å². The number of ether oxygens (including phenoxy) is 3. The Kier molecular flexibility index (Phi) is 7.27. The third-order valence-electron chi connectivity index (χ3n) is 3.32. The first-order chi connectivity index (χ1) is 11.3. The van der Waals surface area contributed by atoms with Crippen molar-refractivity contribution in [3.8, 4) is 11.5 Å². The van der Waals surface area contributed by atoms with Gasteiger partial charge in [-0.3, -0.25) is 0 Å². The Labute approximate surface area is 138 Å². The van der Waals surface area contributed by atoms with Gasteiger partial charge in [0.1, 0.15) is 24.7 Å². The number of para-hydroxylation sites is 1. The second kappa shape index (κ2) is 9.74. The van der Waals surface area contributed by atoms with Crippen LogP contribution in [-0.2, 0) is 4.74 Å². The molecule has 0 fully saturated rings. The number of hydrogen-bond donors (Lipinski definition) is 1. The van der Waals surface area contributed by atoms with Gasteiger partial charge in [-0.25, -0.2) is 0 Å². The molecule has 0 unspecified atom stereocenters. The van der Waals surface area contributed by atoms with Gasteiger partial charge in [-0.2, -0.15) is 0 Å². The van der Waals surface area contributed by atoms with Gasteiger partial charge in [-0.1, -0.05) is 24.3 Å². The Morgan fingerprint density at radius 1 is 0.913 bits per heavy atom. The minimum atomic E-state index is 0.563. The number of hydrogen-bond acceptors (Lipinski definition) is 4. The maximum absolute atomic E-state index is 5.77. The molecule has 0 radical (unpaired) electrons. The first-order valence-electron chi connectivity index (χ1n) is 8.02. The van der Waals surface area contributed by atoms with Gasteiger partial charge >= 0.3 is 0 Å². The van der Waals surface area contributed by atoms with Crippen LogP contribution in [0.2, 0.25) is 0 Å². The molecule has 2 aromatic carbocycles. The van der Waals surface area contributed by atoms with E-state index >= 15 is 0 Å². The summed E-state index contributed by atoms with van der Waals surface area (Å²) in [6.45, 7) is 7.25. The van der Waals surface area contributed by atoms with Gasteiger partial charge in [0.2, 0.25) is 0 Å². The van der Waals surface area contributed by atoms with Crippen molar-refractivity contribution in [1.29, 1.82) is 0 Å². The molecule has 0 aliphatic carbocycles. The first kappa shape index (κ1) is 17.2. The van der Waals surface area contributed by atoms with E-state index in [4.69, 9.17) is 14.2 Å². The summed E-state index contributed by atoms with van der Waals surface area (Å²) >= 11 is 0. The summed E-state index contributed by atoms with van der Waals surface area (Å²) in [4.78, 5) is 0. The van der Waals surface area contributed by atoms with Crippen LogP contribution in [0.15, 0.2) is 48.5 Å². The molecule has 0 aliphatic heterocycles. The van der Waals surface area contributed by atoms with Gasteiger partial charge in [0.15, 0.2) is 0 Å².